The van der Waals surface area contributed by atoms with Crippen molar-refractivity contribution < 1.29 is 19.0 Å². The van der Waals surface area contributed by atoms with E-state index < -0.39 is 0 Å². The van der Waals surface area contributed by atoms with Crippen molar-refractivity contribution in [1.82, 2.24) is 10.2 Å². The Morgan fingerprint density at radius 1 is 1.24 bits per heavy atom. The zero-order valence-electron chi connectivity index (χ0n) is 15.7. The van der Waals surface area contributed by atoms with Gasteiger partial charge < -0.3 is 19.5 Å². The summed E-state index contributed by atoms with van der Waals surface area (Å²) in [6, 6.07) is 5.84. The summed E-state index contributed by atoms with van der Waals surface area (Å²) in [6.45, 7) is 8.41. The molecular weight excluding hydrogens is 320 g/mol. The summed E-state index contributed by atoms with van der Waals surface area (Å²) < 4.78 is 16.0. The van der Waals surface area contributed by atoms with Gasteiger partial charge in [0.2, 0.25) is 5.91 Å². The topological polar surface area (TPSA) is 60.0 Å². The Bertz CT molecular complexity index is 556. The van der Waals surface area contributed by atoms with E-state index in [-0.39, 0.29) is 5.91 Å². The monoisotopic (exact) mass is 350 g/mol. The molecule has 0 bridgehead atoms. The molecule has 0 aromatic heterocycles. The molecule has 1 saturated heterocycles. The van der Waals surface area contributed by atoms with E-state index in [9.17, 15) is 4.79 Å². The lowest BCUT2D eigenvalue weighted by molar-refractivity contribution is -0.120. The number of nitrogens with zero attached hydrogens (tertiary/aromatic N) is 1. The van der Waals surface area contributed by atoms with Crippen molar-refractivity contribution in [2.75, 3.05) is 47.1 Å². The molecular formula is C19H30N2O4. The van der Waals surface area contributed by atoms with E-state index in [4.69, 9.17) is 14.2 Å². The van der Waals surface area contributed by atoms with Gasteiger partial charge >= 0.3 is 0 Å². The second kappa shape index (κ2) is 9.63. The highest BCUT2D eigenvalue weighted by atomic mass is 16.5. The number of hydrogen-bond donors (Lipinski definition) is 1. The molecule has 1 aliphatic heterocycles. The molecule has 1 atom stereocenters. The lowest BCUT2D eigenvalue weighted by Gasteiger charge is -2.36. The van der Waals surface area contributed by atoms with Crippen molar-refractivity contribution in [3.8, 4) is 11.5 Å². The first kappa shape index (κ1) is 19.5. The van der Waals surface area contributed by atoms with Crippen LogP contribution in [-0.4, -0.2) is 63.9 Å². The van der Waals surface area contributed by atoms with Gasteiger partial charge in [-0.05, 0) is 12.0 Å². The van der Waals surface area contributed by atoms with Crippen molar-refractivity contribution in [3.63, 3.8) is 0 Å². The Labute approximate surface area is 150 Å². The second-order valence-corrected chi connectivity index (χ2v) is 6.62. The number of amides is 1. The minimum atomic E-state index is 0.00220. The van der Waals surface area contributed by atoms with Crippen LogP contribution in [0.1, 0.15) is 19.4 Å². The highest BCUT2D eigenvalue weighted by Gasteiger charge is 2.24. The van der Waals surface area contributed by atoms with Crippen molar-refractivity contribution in [1.29, 1.82) is 0 Å². The molecule has 0 aliphatic carbocycles. The number of methoxy groups -OCH3 is 2. The van der Waals surface area contributed by atoms with Gasteiger partial charge in [-0.3, -0.25) is 9.69 Å². The molecule has 1 N–H and O–H groups in total. The molecule has 1 aromatic carbocycles. The van der Waals surface area contributed by atoms with Crippen LogP contribution in [0.2, 0.25) is 0 Å². The predicted molar refractivity (Wildman–Crippen MR) is 97.3 cm³/mol. The number of hydrogen-bond acceptors (Lipinski definition) is 5. The maximum absolute atomic E-state index is 12.4. The average molecular weight is 350 g/mol. The van der Waals surface area contributed by atoms with Gasteiger partial charge in [-0.25, -0.2) is 0 Å². The van der Waals surface area contributed by atoms with Gasteiger partial charge in [0, 0.05) is 37.3 Å². The van der Waals surface area contributed by atoms with Crippen LogP contribution in [0.3, 0.4) is 0 Å². The lowest BCUT2D eigenvalue weighted by Crippen LogP contribution is -2.51. The molecule has 6 heteroatoms. The first-order valence-electron chi connectivity index (χ1n) is 8.84. The Hall–Kier alpha value is -1.79. The van der Waals surface area contributed by atoms with E-state index in [0.29, 0.717) is 36.4 Å². The number of benzene rings is 1. The zero-order valence-corrected chi connectivity index (χ0v) is 15.7. The summed E-state index contributed by atoms with van der Waals surface area (Å²) in [4.78, 5) is 14.8. The van der Waals surface area contributed by atoms with E-state index in [1.165, 1.54) is 0 Å². The summed E-state index contributed by atoms with van der Waals surface area (Å²) in [5, 5.41) is 3.08. The van der Waals surface area contributed by atoms with Crippen molar-refractivity contribution in [3.05, 3.63) is 23.8 Å². The SMILES string of the molecule is COc1ccc(CC(=O)NC[C@@H](C(C)C)N2CCOCC2)c(OC)c1. The third-order valence-electron chi connectivity index (χ3n) is 4.64. The lowest BCUT2D eigenvalue weighted by atomic mass is 10.0. The molecule has 25 heavy (non-hydrogen) atoms. The van der Waals surface area contributed by atoms with Crippen LogP contribution in [0.4, 0.5) is 0 Å². The number of nitrogens with one attached hydrogen (secondary N) is 1. The molecule has 1 amide bonds. The fourth-order valence-electron chi connectivity index (χ4n) is 3.15. The highest BCUT2D eigenvalue weighted by molar-refractivity contribution is 5.79. The molecule has 1 fully saturated rings. The quantitative estimate of drug-likeness (QED) is 0.774. The minimum absolute atomic E-state index is 0.00220. The Kier molecular flexibility index (Phi) is 7.52. The van der Waals surface area contributed by atoms with Crippen LogP contribution < -0.4 is 14.8 Å². The van der Waals surface area contributed by atoms with Crippen LogP contribution in [-0.2, 0) is 16.0 Å². The Morgan fingerprint density at radius 2 is 1.96 bits per heavy atom. The Morgan fingerprint density at radius 3 is 2.56 bits per heavy atom. The first-order chi connectivity index (χ1) is 12.0. The van der Waals surface area contributed by atoms with Gasteiger partial charge in [0.05, 0.1) is 33.9 Å². The van der Waals surface area contributed by atoms with E-state index in [1.54, 1.807) is 20.3 Å². The predicted octanol–water partition coefficient (Wildman–Crippen LogP) is 1.72. The van der Waals surface area contributed by atoms with E-state index in [2.05, 4.69) is 24.1 Å². The summed E-state index contributed by atoms with van der Waals surface area (Å²) in [6.07, 6.45) is 0.293. The first-order valence-corrected chi connectivity index (χ1v) is 8.84. The summed E-state index contributed by atoms with van der Waals surface area (Å²) in [5.41, 5.74) is 0.855. The second-order valence-electron chi connectivity index (χ2n) is 6.62. The van der Waals surface area contributed by atoms with Crippen LogP contribution in [0.25, 0.3) is 0 Å². The number of carbonyl (C=O) groups excluding carboxylic acids is 1. The summed E-state index contributed by atoms with van der Waals surface area (Å²) >= 11 is 0. The van der Waals surface area contributed by atoms with Crippen LogP contribution in [0.5, 0.6) is 11.5 Å². The third-order valence-corrected chi connectivity index (χ3v) is 4.64. The molecule has 6 nitrogen and oxygen atoms in total. The van der Waals surface area contributed by atoms with Gasteiger partial charge in [0.25, 0.3) is 0 Å². The van der Waals surface area contributed by atoms with Gasteiger partial charge in [-0.15, -0.1) is 0 Å². The normalized spacial score (nSPS) is 16.5. The molecule has 0 radical (unpaired) electrons. The molecule has 1 aromatic rings. The number of ether oxygens (including phenoxy) is 3. The number of carbonyl (C=O) groups is 1. The largest absolute Gasteiger partial charge is 0.497 e. The molecule has 0 unspecified atom stereocenters. The summed E-state index contributed by atoms with van der Waals surface area (Å²) in [7, 11) is 3.21. The number of rotatable bonds is 8. The minimum Gasteiger partial charge on any atom is -0.497 e. The molecule has 0 saturated carbocycles. The van der Waals surface area contributed by atoms with Gasteiger partial charge in [0.15, 0.2) is 0 Å². The molecule has 0 spiro atoms. The highest BCUT2D eigenvalue weighted by Crippen LogP contribution is 2.25. The maximum Gasteiger partial charge on any atom is 0.224 e. The van der Waals surface area contributed by atoms with E-state index in [0.717, 1.165) is 31.9 Å². The summed E-state index contributed by atoms with van der Waals surface area (Å²) in [5.74, 6) is 1.85. The average Bonchev–Trinajstić information content (AvgIpc) is 2.62. The Balaban J connectivity index is 1.92. The molecule has 2 rings (SSSR count). The van der Waals surface area contributed by atoms with Crippen LogP contribution in [0.15, 0.2) is 18.2 Å². The smallest absolute Gasteiger partial charge is 0.224 e. The van der Waals surface area contributed by atoms with Gasteiger partial charge in [-0.1, -0.05) is 19.9 Å². The van der Waals surface area contributed by atoms with Crippen LogP contribution >= 0.6 is 0 Å². The zero-order chi connectivity index (χ0) is 18.2. The maximum atomic E-state index is 12.4. The van der Waals surface area contributed by atoms with Gasteiger partial charge in [-0.2, -0.15) is 0 Å². The van der Waals surface area contributed by atoms with Crippen molar-refractivity contribution in [2.24, 2.45) is 5.92 Å². The van der Waals surface area contributed by atoms with Crippen LogP contribution in [0, 0.1) is 5.92 Å². The molecule has 1 aliphatic rings. The molecule has 1 heterocycles. The van der Waals surface area contributed by atoms with Gasteiger partial charge in [0.1, 0.15) is 11.5 Å². The fraction of sp³-hybridized carbons (Fsp3) is 0.632. The standard InChI is InChI=1S/C19H30N2O4/c1-14(2)17(21-7-9-25-10-8-21)13-20-19(22)11-15-5-6-16(23-3)12-18(15)24-4/h5-6,12,14,17H,7-11,13H2,1-4H3,(H,20,22)/t17-/m0/s1. The van der Waals surface area contributed by atoms with E-state index >= 15 is 0 Å². The van der Waals surface area contributed by atoms with Crippen molar-refractivity contribution in [2.45, 2.75) is 26.3 Å². The number of morpholine rings is 1. The fourth-order valence-corrected chi connectivity index (χ4v) is 3.15. The molecule has 140 valence electrons. The third kappa shape index (κ3) is 5.61. The van der Waals surface area contributed by atoms with E-state index in [1.807, 2.05) is 12.1 Å². The van der Waals surface area contributed by atoms with Crippen molar-refractivity contribution >= 4 is 5.91 Å².